The Morgan fingerprint density at radius 1 is 1.64 bits per heavy atom. The van der Waals surface area contributed by atoms with Gasteiger partial charge in [-0.1, -0.05) is 13.3 Å². The Balaban J connectivity index is 2.05. The number of hydrogen-bond acceptors (Lipinski definition) is 3. The number of carbonyl (C=O) groups excluding carboxylic acids is 1. The van der Waals surface area contributed by atoms with Crippen LogP contribution in [-0.2, 0) is 9.53 Å². The van der Waals surface area contributed by atoms with Crippen LogP contribution in [0.25, 0.3) is 0 Å². The zero-order valence-electron chi connectivity index (χ0n) is 8.51. The van der Waals surface area contributed by atoms with Crippen molar-refractivity contribution >= 4 is 11.7 Å². The fourth-order valence-corrected chi connectivity index (χ4v) is 1.87. The second-order valence-corrected chi connectivity index (χ2v) is 3.95. The van der Waals surface area contributed by atoms with Crippen molar-refractivity contribution in [2.75, 3.05) is 13.2 Å². The summed E-state index contributed by atoms with van der Waals surface area (Å²) in [6, 6.07) is 0. The van der Waals surface area contributed by atoms with Gasteiger partial charge in [0.2, 0.25) is 0 Å². The van der Waals surface area contributed by atoms with Gasteiger partial charge in [0.1, 0.15) is 5.84 Å². The molecule has 0 bridgehead atoms. The standard InChI is InChI=1S/C10H16N2O2/c1-2-3-4-8-11-9(13)10(12-8)5-6-14-7-10/h2-7H2,1H3,(H,11,12,13). The molecule has 0 aromatic carbocycles. The first-order chi connectivity index (χ1) is 6.77. The van der Waals surface area contributed by atoms with Gasteiger partial charge in [-0.25, -0.2) is 0 Å². The Bertz CT molecular complexity index is 267. The molecule has 1 fully saturated rings. The summed E-state index contributed by atoms with van der Waals surface area (Å²) in [5.41, 5.74) is -0.566. The van der Waals surface area contributed by atoms with Gasteiger partial charge < -0.3 is 10.1 Å². The highest BCUT2D eigenvalue weighted by Gasteiger charge is 2.46. The first-order valence-corrected chi connectivity index (χ1v) is 5.25. The zero-order valence-corrected chi connectivity index (χ0v) is 8.51. The number of aliphatic imine (C=N–C) groups is 1. The van der Waals surface area contributed by atoms with Crippen LogP contribution in [0.3, 0.4) is 0 Å². The van der Waals surface area contributed by atoms with E-state index in [9.17, 15) is 4.79 Å². The number of ether oxygens (including phenoxy) is 1. The molecular formula is C10H16N2O2. The summed E-state index contributed by atoms with van der Waals surface area (Å²) < 4.78 is 5.24. The van der Waals surface area contributed by atoms with Crippen LogP contribution in [0.5, 0.6) is 0 Å². The largest absolute Gasteiger partial charge is 0.378 e. The lowest BCUT2D eigenvalue weighted by Gasteiger charge is -2.12. The predicted octanol–water partition coefficient (Wildman–Crippen LogP) is 0.864. The molecule has 0 saturated carbocycles. The lowest BCUT2D eigenvalue weighted by molar-refractivity contribution is -0.123. The van der Waals surface area contributed by atoms with Gasteiger partial charge >= 0.3 is 0 Å². The van der Waals surface area contributed by atoms with E-state index in [2.05, 4.69) is 17.2 Å². The van der Waals surface area contributed by atoms with Crippen molar-refractivity contribution in [3.8, 4) is 0 Å². The van der Waals surface area contributed by atoms with Gasteiger partial charge in [0.25, 0.3) is 5.91 Å². The number of carbonyl (C=O) groups is 1. The van der Waals surface area contributed by atoms with E-state index >= 15 is 0 Å². The minimum Gasteiger partial charge on any atom is -0.378 e. The van der Waals surface area contributed by atoms with E-state index in [4.69, 9.17) is 4.74 Å². The minimum atomic E-state index is -0.566. The lowest BCUT2D eigenvalue weighted by Crippen LogP contribution is -2.40. The zero-order chi connectivity index (χ0) is 10.0. The van der Waals surface area contributed by atoms with E-state index in [1.807, 2.05) is 0 Å². The molecule has 0 aromatic heterocycles. The van der Waals surface area contributed by atoms with Gasteiger partial charge in [-0.05, 0) is 6.42 Å². The smallest absolute Gasteiger partial charge is 0.255 e. The van der Waals surface area contributed by atoms with Crippen molar-refractivity contribution in [1.29, 1.82) is 0 Å². The summed E-state index contributed by atoms with van der Waals surface area (Å²) >= 11 is 0. The van der Waals surface area contributed by atoms with Crippen molar-refractivity contribution in [3.63, 3.8) is 0 Å². The van der Waals surface area contributed by atoms with Crippen LogP contribution >= 0.6 is 0 Å². The molecule has 14 heavy (non-hydrogen) atoms. The van der Waals surface area contributed by atoms with E-state index in [0.717, 1.165) is 31.5 Å². The third kappa shape index (κ3) is 1.54. The molecule has 0 radical (unpaired) electrons. The monoisotopic (exact) mass is 196 g/mol. The maximum atomic E-state index is 11.7. The number of nitrogens with zero attached hydrogens (tertiary/aromatic N) is 1. The van der Waals surface area contributed by atoms with Crippen molar-refractivity contribution in [2.45, 2.75) is 38.1 Å². The number of nitrogens with one attached hydrogen (secondary N) is 1. The molecule has 1 unspecified atom stereocenters. The Morgan fingerprint density at radius 3 is 3.14 bits per heavy atom. The van der Waals surface area contributed by atoms with E-state index in [-0.39, 0.29) is 5.91 Å². The maximum absolute atomic E-state index is 11.7. The van der Waals surface area contributed by atoms with Crippen LogP contribution in [-0.4, -0.2) is 30.5 Å². The number of amides is 1. The van der Waals surface area contributed by atoms with Crippen molar-refractivity contribution < 1.29 is 9.53 Å². The van der Waals surface area contributed by atoms with E-state index in [1.165, 1.54) is 0 Å². The number of amidine groups is 1. The summed E-state index contributed by atoms with van der Waals surface area (Å²) in [4.78, 5) is 16.1. The highest BCUT2D eigenvalue weighted by molar-refractivity contribution is 6.08. The van der Waals surface area contributed by atoms with Crippen molar-refractivity contribution in [3.05, 3.63) is 0 Å². The Hall–Kier alpha value is -0.900. The van der Waals surface area contributed by atoms with Crippen LogP contribution in [0, 0.1) is 0 Å². The van der Waals surface area contributed by atoms with Gasteiger partial charge in [0.05, 0.1) is 6.61 Å². The molecule has 2 heterocycles. The molecule has 78 valence electrons. The Morgan fingerprint density at radius 2 is 2.50 bits per heavy atom. The summed E-state index contributed by atoms with van der Waals surface area (Å²) in [7, 11) is 0. The van der Waals surface area contributed by atoms with Crippen LogP contribution in [0.15, 0.2) is 4.99 Å². The highest BCUT2D eigenvalue weighted by atomic mass is 16.5. The van der Waals surface area contributed by atoms with Crippen molar-refractivity contribution in [1.82, 2.24) is 5.32 Å². The maximum Gasteiger partial charge on any atom is 0.255 e. The third-order valence-electron chi connectivity index (χ3n) is 2.80. The molecule has 2 rings (SSSR count). The van der Waals surface area contributed by atoms with Crippen molar-refractivity contribution in [2.24, 2.45) is 4.99 Å². The lowest BCUT2D eigenvalue weighted by atomic mass is 10.0. The number of unbranched alkanes of at least 4 members (excludes halogenated alkanes) is 1. The predicted molar refractivity (Wildman–Crippen MR) is 53.3 cm³/mol. The fraction of sp³-hybridized carbons (Fsp3) is 0.800. The van der Waals surface area contributed by atoms with Crippen LogP contribution < -0.4 is 5.32 Å². The van der Waals surface area contributed by atoms with Gasteiger partial charge in [-0.2, -0.15) is 0 Å². The highest BCUT2D eigenvalue weighted by Crippen LogP contribution is 2.27. The molecule has 1 N–H and O–H groups in total. The third-order valence-corrected chi connectivity index (χ3v) is 2.80. The molecule has 1 spiro atoms. The summed E-state index contributed by atoms with van der Waals surface area (Å²) in [6.45, 7) is 3.23. The van der Waals surface area contributed by atoms with Gasteiger partial charge in [0, 0.05) is 19.4 Å². The average molecular weight is 196 g/mol. The normalized spacial score (nSPS) is 30.9. The van der Waals surface area contributed by atoms with Crippen LogP contribution in [0.4, 0.5) is 0 Å². The van der Waals surface area contributed by atoms with Crippen LogP contribution in [0.2, 0.25) is 0 Å². The summed E-state index contributed by atoms with van der Waals surface area (Å²) in [5.74, 6) is 0.878. The summed E-state index contributed by atoms with van der Waals surface area (Å²) in [5, 5.41) is 2.85. The fourth-order valence-electron chi connectivity index (χ4n) is 1.87. The van der Waals surface area contributed by atoms with Crippen LogP contribution in [0.1, 0.15) is 32.6 Å². The van der Waals surface area contributed by atoms with E-state index in [0.29, 0.717) is 13.2 Å². The molecule has 2 aliphatic rings. The molecule has 1 saturated heterocycles. The summed E-state index contributed by atoms with van der Waals surface area (Å²) in [6.07, 6.45) is 3.81. The Labute approximate surface area is 83.7 Å². The second-order valence-electron chi connectivity index (χ2n) is 3.95. The van der Waals surface area contributed by atoms with Gasteiger partial charge in [-0.15, -0.1) is 0 Å². The van der Waals surface area contributed by atoms with Gasteiger partial charge in [-0.3, -0.25) is 9.79 Å². The first-order valence-electron chi connectivity index (χ1n) is 5.25. The molecular weight excluding hydrogens is 180 g/mol. The molecule has 2 aliphatic heterocycles. The molecule has 4 nitrogen and oxygen atoms in total. The van der Waals surface area contributed by atoms with E-state index in [1.54, 1.807) is 0 Å². The molecule has 1 amide bonds. The molecule has 0 aromatic rings. The average Bonchev–Trinajstić information content (AvgIpc) is 2.74. The molecule has 4 heteroatoms. The molecule has 1 atom stereocenters. The number of rotatable bonds is 3. The topological polar surface area (TPSA) is 50.7 Å². The Kier molecular flexibility index (Phi) is 2.54. The molecule has 0 aliphatic carbocycles. The minimum absolute atomic E-state index is 0.0288. The van der Waals surface area contributed by atoms with Gasteiger partial charge in [0.15, 0.2) is 5.54 Å². The number of hydrogen-bond donors (Lipinski definition) is 1. The van der Waals surface area contributed by atoms with E-state index < -0.39 is 5.54 Å². The first kappa shape index (κ1) is 9.65. The quantitative estimate of drug-likeness (QED) is 0.728. The SMILES string of the molecule is CCCCC1=NC2(CCOC2)C(=O)N1. The second kappa shape index (κ2) is 3.69.